The van der Waals surface area contributed by atoms with E-state index in [0.717, 1.165) is 49.8 Å². The van der Waals surface area contributed by atoms with Crippen LogP contribution >= 0.6 is 0 Å². The zero-order valence-corrected chi connectivity index (χ0v) is 35.0. The first-order valence-electron chi connectivity index (χ1n) is 22.1. The zero-order chi connectivity index (χ0) is 42.6. The lowest BCUT2D eigenvalue weighted by Gasteiger charge is -2.17. The second-order valence-corrected chi connectivity index (χ2v) is 17.1. The minimum atomic E-state index is 0.569. The molecular weight excluding hydrogens is 791 g/mol. The molecule has 14 aromatic rings. The van der Waals surface area contributed by atoms with Crippen molar-refractivity contribution in [3.63, 3.8) is 0 Å². The number of furan rings is 1. The molecule has 0 aliphatic rings. The number of hydrogen-bond donors (Lipinski definition) is 0. The van der Waals surface area contributed by atoms with E-state index in [9.17, 15) is 0 Å². The second-order valence-electron chi connectivity index (χ2n) is 17.1. The van der Waals surface area contributed by atoms with Crippen molar-refractivity contribution in [1.82, 2.24) is 15.0 Å². The fraction of sp³-hybridized carbons (Fsp3) is 0. The van der Waals surface area contributed by atoms with Gasteiger partial charge in [0.25, 0.3) is 0 Å². The Morgan fingerprint density at radius 2 is 0.708 bits per heavy atom. The Balaban J connectivity index is 0.869. The van der Waals surface area contributed by atoms with Crippen LogP contribution in [0.5, 0.6) is 0 Å². The first-order chi connectivity index (χ1) is 32.2. The average molecular weight is 826 g/mol. The zero-order valence-electron chi connectivity index (χ0n) is 35.0. The number of aromatic nitrogens is 3. The van der Waals surface area contributed by atoms with E-state index >= 15 is 0 Å². The van der Waals surface area contributed by atoms with Crippen LogP contribution in [0, 0.1) is 0 Å². The molecule has 300 valence electrons. The van der Waals surface area contributed by atoms with Crippen LogP contribution in [0.15, 0.2) is 217 Å². The second kappa shape index (κ2) is 13.9. The highest BCUT2D eigenvalue weighted by atomic mass is 16.3. The van der Waals surface area contributed by atoms with Crippen LogP contribution in [-0.2, 0) is 0 Å². The van der Waals surface area contributed by atoms with E-state index < -0.39 is 0 Å². The third kappa shape index (κ3) is 5.54. The highest BCUT2D eigenvalue weighted by Gasteiger charge is 2.19. The number of benzene rings is 11. The fourth-order valence-corrected chi connectivity index (χ4v) is 10.4. The summed E-state index contributed by atoms with van der Waals surface area (Å²) in [6, 6.07) is 76.1. The Bertz CT molecular complexity index is 4200. The minimum Gasteiger partial charge on any atom is -0.455 e. The van der Waals surface area contributed by atoms with Crippen LogP contribution in [-0.4, -0.2) is 15.0 Å². The van der Waals surface area contributed by atoms with Gasteiger partial charge in [0, 0.05) is 21.9 Å². The Hall–Kier alpha value is -8.73. The van der Waals surface area contributed by atoms with E-state index in [1.807, 2.05) is 60.7 Å². The van der Waals surface area contributed by atoms with Gasteiger partial charge in [0.1, 0.15) is 11.2 Å². The van der Waals surface area contributed by atoms with E-state index in [1.165, 1.54) is 75.8 Å². The number of fused-ring (bicyclic) bond motifs is 5. The smallest absolute Gasteiger partial charge is 0.167 e. The molecule has 0 fully saturated rings. The number of nitrogens with zero attached hydrogens (tertiary/aromatic N) is 3. The van der Waals surface area contributed by atoms with E-state index in [2.05, 4.69) is 152 Å². The molecule has 12 aromatic carbocycles. The van der Waals surface area contributed by atoms with Gasteiger partial charge < -0.3 is 4.42 Å². The molecule has 4 nitrogen and oxygen atoms in total. The molecule has 4 heteroatoms. The molecule has 0 radical (unpaired) electrons. The molecular formula is C61H35N3O. The van der Waals surface area contributed by atoms with Crippen LogP contribution in [0.25, 0.3) is 143 Å². The molecule has 0 N–H and O–H groups in total. The summed E-state index contributed by atoms with van der Waals surface area (Å²) < 4.78 is 6.42. The molecule has 0 saturated carbocycles. The predicted molar refractivity (Wildman–Crippen MR) is 271 cm³/mol. The summed E-state index contributed by atoms with van der Waals surface area (Å²) in [5, 5.41) is 17.5. The molecule has 14 rings (SSSR count). The molecule has 0 bridgehead atoms. The highest BCUT2D eigenvalue weighted by molar-refractivity contribution is 6.37. The van der Waals surface area contributed by atoms with Crippen molar-refractivity contribution in [2.45, 2.75) is 0 Å². The van der Waals surface area contributed by atoms with Crippen molar-refractivity contribution < 1.29 is 4.42 Å². The van der Waals surface area contributed by atoms with Crippen molar-refractivity contribution >= 4 is 86.6 Å². The van der Waals surface area contributed by atoms with Gasteiger partial charge in [0.15, 0.2) is 17.5 Å². The van der Waals surface area contributed by atoms with Gasteiger partial charge in [0.05, 0.1) is 5.56 Å². The van der Waals surface area contributed by atoms with Crippen LogP contribution in [0.1, 0.15) is 0 Å². The molecule has 0 amide bonds. The normalized spacial score (nSPS) is 12.0. The summed E-state index contributed by atoms with van der Waals surface area (Å²) >= 11 is 0. The van der Waals surface area contributed by atoms with Gasteiger partial charge in [-0.2, -0.15) is 0 Å². The molecule has 0 aliphatic heterocycles. The Morgan fingerprint density at radius 3 is 1.34 bits per heavy atom. The maximum atomic E-state index is 6.42. The number of rotatable bonds is 5. The van der Waals surface area contributed by atoms with E-state index in [1.54, 1.807) is 0 Å². The summed E-state index contributed by atoms with van der Waals surface area (Å²) in [7, 11) is 0. The van der Waals surface area contributed by atoms with Crippen molar-refractivity contribution in [1.29, 1.82) is 0 Å². The standard InChI is InChI=1S/C61H35N3O/c1-2-10-42(11-3-1)59-62-60(64-61(63-59)51-20-9-19-50-46-15-4-5-21-53(46)65-58(50)51)43-31-26-37(27-32-43)36-22-24-38(25-23-36)45-34-44-33-30-41-13-7-17-48-47-16-6-12-39-28-29-40-14-8-18-49(56(40)54(39)47)52(35-45)57(44)55(41)48/h1-35H. The third-order valence-corrected chi connectivity index (χ3v) is 13.4. The van der Waals surface area contributed by atoms with Crippen molar-refractivity contribution in [3.8, 4) is 56.4 Å². The van der Waals surface area contributed by atoms with Crippen LogP contribution in [0.3, 0.4) is 0 Å². The topological polar surface area (TPSA) is 51.8 Å². The fourth-order valence-electron chi connectivity index (χ4n) is 10.4. The van der Waals surface area contributed by atoms with Crippen LogP contribution in [0.2, 0.25) is 0 Å². The average Bonchev–Trinajstić information content (AvgIpc) is 3.76. The largest absolute Gasteiger partial charge is 0.455 e. The van der Waals surface area contributed by atoms with Gasteiger partial charge in [-0.15, -0.1) is 0 Å². The SMILES string of the molecule is c1ccc(-c2nc(-c3ccc(-c4ccc(-c5cc6ccc7cccc8c9cccc%10ccc%11cccc(c(c5)c6c78)c%11c%109)cc4)cc3)nc(-c3cccc4c3oc3ccccc34)n2)cc1. The predicted octanol–water partition coefficient (Wildman–Crippen LogP) is 16.5. The molecule has 0 atom stereocenters. The Kier molecular flexibility index (Phi) is 7.65. The lowest BCUT2D eigenvalue weighted by Crippen LogP contribution is -2.00. The minimum absolute atomic E-state index is 0.569. The molecule has 2 heterocycles. The first-order valence-corrected chi connectivity index (χ1v) is 22.1. The summed E-state index contributed by atoms with van der Waals surface area (Å²) in [6.45, 7) is 0. The maximum absolute atomic E-state index is 6.42. The quantitative estimate of drug-likeness (QED) is 0.162. The summed E-state index contributed by atoms with van der Waals surface area (Å²) in [5.41, 5.74) is 8.88. The molecule has 0 spiro atoms. The molecule has 2 aromatic heterocycles. The summed E-state index contributed by atoms with van der Waals surface area (Å²) in [4.78, 5) is 15.1. The van der Waals surface area contributed by atoms with Gasteiger partial charge in [-0.1, -0.05) is 188 Å². The molecule has 0 saturated heterocycles. The van der Waals surface area contributed by atoms with E-state index in [4.69, 9.17) is 19.4 Å². The summed E-state index contributed by atoms with van der Waals surface area (Å²) in [5.74, 6) is 1.78. The van der Waals surface area contributed by atoms with Crippen LogP contribution in [0.4, 0.5) is 0 Å². The first kappa shape index (κ1) is 35.8. The van der Waals surface area contributed by atoms with Gasteiger partial charge in [0.2, 0.25) is 0 Å². The molecule has 0 unspecified atom stereocenters. The van der Waals surface area contributed by atoms with Gasteiger partial charge in [-0.25, -0.2) is 15.0 Å². The lowest BCUT2D eigenvalue weighted by molar-refractivity contribution is 0.669. The van der Waals surface area contributed by atoms with Gasteiger partial charge >= 0.3 is 0 Å². The highest BCUT2D eigenvalue weighted by Crippen LogP contribution is 2.45. The van der Waals surface area contributed by atoms with Crippen molar-refractivity contribution in [2.75, 3.05) is 0 Å². The monoisotopic (exact) mass is 825 g/mol. The lowest BCUT2D eigenvalue weighted by atomic mass is 9.86. The van der Waals surface area contributed by atoms with Gasteiger partial charge in [-0.05, 0) is 111 Å². The van der Waals surface area contributed by atoms with E-state index in [0.29, 0.717) is 17.5 Å². The Labute approximate surface area is 373 Å². The van der Waals surface area contributed by atoms with Crippen molar-refractivity contribution in [3.05, 3.63) is 212 Å². The maximum Gasteiger partial charge on any atom is 0.167 e. The Morgan fingerprint density at radius 1 is 0.262 bits per heavy atom. The molecule has 65 heavy (non-hydrogen) atoms. The van der Waals surface area contributed by atoms with E-state index in [-0.39, 0.29) is 0 Å². The third-order valence-electron chi connectivity index (χ3n) is 13.4. The molecule has 0 aliphatic carbocycles. The number of hydrogen-bond acceptors (Lipinski definition) is 4. The van der Waals surface area contributed by atoms with Gasteiger partial charge in [-0.3, -0.25) is 0 Å². The summed E-state index contributed by atoms with van der Waals surface area (Å²) in [6.07, 6.45) is 0. The number of para-hydroxylation sites is 2. The van der Waals surface area contributed by atoms with Crippen molar-refractivity contribution in [2.24, 2.45) is 0 Å². The van der Waals surface area contributed by atoms with Crippen LogP contribution < -0.4 is 0 Å².